The molecule has 2 N–H and O–H groups in total. The minimum Gasteiger partial charge on any atom is -0.454 e. The highest BCUT2D eigenvalue weighted by Crippen LogP contribution is 2.38. The number of fused-ring (bicyclic) bond motifs is 2. The van der Waals surface area contributed by atoms with Gasteiger partial charge in [-0.25, -0.2) is 4.79 Å². The van der Waals surface area contributed by atoms with Gasteiger partial charge in [-0.05, 0) is 47.8 Å². The van der Waals surface area contributed by atoms with E-state index in [1.807, 2.05) is 41.8 Å². The molecule has 26 heavy (non-hydrogen) atoms. The molecule has 3 amide bonds. The highest BCUT2D eigenvalue weighted by molar-refractivity contribution is 7.14. The topological polar surface area (TPSA) is 70.7 Å². The van der Waals surface area contributed by atoms with Crippen LogP contribution >= 0.6 is 11.3 Å². The van der Waals surface area contributed by atoms with Gasteiger partial charge in [-0.3, -0.25) is 10.1 Å². The summed E-state index contributed by atoms with van der Waals surface area (Å²) in [5.74, 6) is 0.863. The highest BCUT2D eigenvalue weighted by atomic mass is 32.1. The number of carbonyl (C=O) groups is 2. The van der Waals surface area contributed by atoms with Crippen molar-refractivity contribution in [2.45, 2.75) is 0 Å². The third-order valence-electron chi connectivity index (χ3n) is 3.98. The molecule has 0 saturated heterocycles. The van der Waals surface area contributed by atoms with E-state index in [2.05, 4.69) is 10.6 Å². The Morgan fingerprint density at radius 1 is 1.04 bits per heavy atom. The second kappa shape index (κ2) is 6.53. The zero-order valence-corrected chi connectivity index (χ0v) is 14.7. The van der Waals surface area contributed by atoms with Gasteiger partial charge in [0, 0.05) is 12.7 Å². The molecule has 0 atom stereocenters. The Morgan fingerprint density at radius 2 is 1.88 bits per heavy atom. The summed E-state index contributed by atoms with van der Waals surface area (Å²) >= 11 is 1.43. The summed E-state index contributed by atoms with van der Waals surface area (Å²) in [7, 11) is 1.70. The van der Waals surface area contributed by atoms with Crippen LogP contribution in [-0.4, -0.2) is 19.0 Å². The van der Waals surface area contributed by atoms with E-state index in [-0.39, 0.29) is 11.9 Å². The van der Waals surface area contributed by atoms with Crippen molar-refractivity contribution in [3.05, 3.63) is 65.5 Å². The molecule has 7 heteroatoms. The van der Waals surface area contributed by atoms with Crippen LogP contribution in [0.1, 0.15) is 10.4 Å². The molecule has 0 radical (unpaired) electrons. The van der Waals surface area contributed by atoms with E-state index < -0.39 is 0 Å². The summed E-state index contributed by atoms with van der Waals surface area (Å²) in [6.07, 6.45) is 0. The summed E-state index contributed by atoms with van der Waals surface area (Å²) in [6, 6.07) is 15.6. The van der Waals surface area contributed by atoms with Gasteiger partial charge in [0.15, 0.2) is 5.75 Å². The molecule has 0 saturated carbocycles. The number of carbonyl (C=O) groups excluding carboxylic acids is 2. The van der Waals surface area contributed by atoms with Crippen LogP contribution in [0.5, 0.6) is 11.5 Å². The first-order chi connectivity index (χ1) is 12.6. The van der Waals surface area contributed by atoms with Crippen LogP contribution in [0.25, 0.3) is 0 Å². The van der Waals surface area contributed by atoms with Crippen LogP contribution in [-0.2, 0) is 0 Å². The number of para-hydroxylation sites is 2. The van der Waals surface area contributed by atoms with Crippen LogP contribution < -0.4 is 20.3 Å². The molecular weight excluding hydrogens is 350 g/mol. The molecule has 130 valence electrons. The number of benzene rings is 2. The molecule has 1 aliphatic rings. The Hall–Kier alpha value is -3.32. The Kier molecular flexibility index (Phi) is 4.06. The van der Waals surface area contributed by atoms with E-state index in [0.29, 0.717) is 28.4 Å². The lowest BCUT2D eigenvalue weighted by atomic mass is 10.1. The van der Waals surface area contributed by atoms with Crippen LogP contribution in [0.3, 0.4) is 0 Å². The molecule has 2 aromatic carbocycles. The molecule has 0 unspecified atom stereocenters. The number of amides is 3. The fourth-order valence-electron chi connectivity index (χ4n) is 2.72. The third-order valence-corrected chi connectivity index (χ3v) is 4.76. The minimum absolute atomic E-state index is 0.202. The Balaban J connectivity index is 1.61. The van der Waals surface area contributed by atoms with Gasteiger partial charge >= 0.3 is 6.03 Å². The van der Waals surface area contributed by atoms with E-state index in [4.69, 9.17) is 4.74 Å². The Morgan fingerprint density at radius 3 is 2.69 bits per heavy atom. The molecule has 0 bridgehead atoms. The predicted molar refractivity (Wildman–Crippen MR) is 103 cm³/mol. The van der Waals surface area contributed by atoms with E-state index >= 15 is 0 Å². The Bertz CT molecular complexity index is 985. The number of hydrogen-bond donors (Lipinski definition) is 2. The number of thiophene rings is 1. The summed E-state index contributed by atoms with van der Waals surface area (Å²) in [5.41, 5.74) is 1.59. The van der Waals surface area contributed by atoms with Crippen molar-refractivity contribution >= 4 is 39.7 Å². The lowest BCUT2D eigenvalue weighted by Gasteiger charge is -2.16. The average Bonchev–Trinajstić information content (AvgIpc) is 3.11. The molecule has 1 aromatic heterocycles. The van der Waals surface area contributed by atoms with Crippen LogP contribution in [0, 0.1) is 0 Å². The first kappa shape index (κ1) is 16.2. The van der Waals surface area contributed by atoms with Crippen molar-refractivity contribution in [1.29, 1.82) is 0 Å². The second-order valence-electron chi connectivity index (χ2n) is 5.70. The fraction of sp³-hybridized carbons (Fsp3) is 0.0526. The molecule has 2 heterocycles. The van der Waals surface area contributed by atoms with Crippen LogP contribution in [0.15, 0.2) is 60.0 Å². The molecule has 6 nitrogen and oxygen atoms in total. The van der Waals surface area contributed by atoms with Gasteiger partial charge in [0.25, 0.3) is 5.91 Å². The number of hydrogen-bond acceptors (Lipinski definition) is 4. The van der Waals surface area contributed by atoms with E-state index in [1.54, 1.807) is 25.2 Å². The molecule has 0 aliphatic carbocycles. The quantitative estimate of drug-likeness (QED) is 0.687. The average molecular weight is 365 g/mol. The zero-order valence-electron chi connectivity index (χ0n) is 13.9. The molecule has 4 rings (SSSR count). The number of ether oxygens (including phenoxy) is 1. The minimum atomic E-state index is -0.369. The van der Waals surface area contributed by atoms with Gasteiger partial charge in [-0.1, -0.05) is 12.1 Å². The van der Waals surface area contributed by atoms with Crippen molar-refractivity contribution in [3.63, 3.8) is 0 Å². The zero-order chi connectivity index (χ0) is 18.1. The monoisotopic (exact) mass is 365 g/mol. The van der Waals surface area contributed by atoms with Crippen molar-refractivity contribution in [3.8, 4) is 11.5 Å². The predicted octanol–water partition coefficient (Wildman–Crippen LogP) is 4.77. The van der Waals surface area contributed by atoms with E-state index in [9.17, 15) is 9.59 Å². The smallest absolute Gasteiger partial charge is 0.324 e. The van der Waals surface area contributed by atoms with E-state index in [0.717, 1.165) is 5.00 Å². The van der Waals surface area contributed by atoms with Crippen LogP contribution in [0.4, 0.5) is 21.2 Å². The number of urea groups is 1. The number of nitrogens with one attached hydrogen (secondary N) is 2. The number of rotatable bonds is 2. The van der Waals surface area contributed by atoms with E-state index in [1.165, 1.54) is 16.2 Å². The molecule has 1 aliphatic heterocycles. The summed E-state index contributed by atoms with van der Waals surface area (Å²) in [6.45, 7) is 0. The first-order valence-electron chi connectivity index (χ1n) is 7.92. The molecule has 0 spiro atoms. The van der Waals surface area contributed by atoms with Crippen molar-refractivity contribution < 1.29 is 14.3 Å². The normalized spacial score (nSPS) is 12.5. The van der Waals surface area contributed by atoms with Gasteiger partial charge in [0.05, 0.1) is 16.3 Å². The van der Waals surface area contributed by atoms with Gasteiger partial charge in [0.1, 0.15) is 5.75 Å². The second-order valence-corrected chi connectivity index (χ2v) is 6.65. The van der Waals surface area contributed by atoms with Gasteiger partial charge in [-0.2, -0.15) is 0 Å². The van der Waals surface area contributed by atoms with Gasteiger partial charge < -0.3 is 15.0 Å². The maximum atomic E-state index is 12.8. The number of nitrogens with zero attached hydrogens (tertiary/aromatic N) is 1. The van der Waals surface area contributed by atoms with Crippen LogP contribution in [0.2, 0.25) is 0 Å². The first-order valence-corrected chi connectivity index (χ1v) is 8.80. The third kappa shape index (κ3) is 3.00. The molecular formula is C19H15N3O3S. The number of anilines is 3. The summed E-state index contributed by atoms with van der Waals surface area (Å²) < 4.78 is 5.90. The summed E-state index contributed by atoms with van der Waals surface area (Å²) in [5, 5.41) is 8.10. The fourth-order valence-corrected chi connectivity index (χ4v) is 3.33. The molecule has 0 fully saturated rings. The lowest BCUT2D eigenvalue weighted by Crippen LogP contribution is -2.25. The molecule has 3 aromatic rings. The van der Waals surface area contributed by atoms with Crippen molar-refractivity contribution in [2.24, 2.45) is 0 Å². The maximum absolute atomic E-state index is 12.8. The highest BCUT2D eigenvalue weighted by Gasteiger charge is 2.25. The lowest BCUT2D eigenvalue weighted by molar-refractivity contribution is 0.0993. The SMILES string of the molecule is CN1C(=O)c2cc(NC(=O)Nc3cccs3)ccc2Oc2ccccc21. The standard InChI is InChI=1S/C19H15N3O3S/c1-22-14-5-2-3-6-16(14)25-15-9-8-12(11-13(15)18(22)23)20-19(24)21-17-7-4-10-26-17/h2-11H,1H3,(H2,20,21,24). The van der Waals surface area contributed by atoms with Gasteiger partial charge in [0.2, 0.25) is 0 Å². The maximum Gasteiger partial charge on any atom is 0.324 e. The van der Waals surface area contributed by atoms with Crippen molar-refractivity contribution in [1.82, 2.24) is 0 Å². The van der Waals surface area contributed by atoms with Crippen molar-refractivity contribution in [2.75, 3.05) is 22.6 Å². The summed E-state index contributed by atoms with van der Waals surface area (Å²) in [4.78, 5) is 26.4. The van der Waals surface area contributed by atoms with Gasteiger partial charge in [-0.15, -0.1) is 11.3 Å². The Labute approximate surface area is 154 Å². The largest absolute Gasteiger partial charge is 0.454 e.